The Bertz CT molecular complexity index is 666. The molecule has 0 radical (unpaired) electrons. The topological polar surface area (TPSA) is 74.4 Å². The van der Waals surface area contributed by atoms with E-state index in [2.05, 4.69) is 10.3 Å². The molecule has 0 bridgehead atoms. The second-order valence-electron chi connectivity index (χ2n) is 5.41. The highest BCUT2D eigenvalue weighted by Crippen LogP contribution is 2.21. The molecule has 1 saturated heterocycles. The van der Waals surface area contributed by atoms with E-state index in [1.807, 2.05) is 4.90 Å². The van der Waals surface area contributed by atoms with E-state index in [0.29, 0.717) is 30.9 Å². The number of likely N-dealkylation sites (tertiary alicyclic amines) is 1. The van der Waals surface area contributed by atoms with Crippen molar-refractivity contribution in [3.8, 4) is 5.69 Å². The fourth-order valence-electron chi connectivity index (χ4n) is 2.67. The molecule has 22 heavy (non-hydrogen) atoms. The summed E-state index contributed by atoms with van der Waals surface area (Å²) < 4.78 is 14.7. The molecule has 1 aliphatic heterocycles. The van der Waals surface area contributed by atoms with E-state index in [0.717, 1.165) is 0 Å². The number of β-amino-alcohol motifs (C(OH)–C–C–N with tert-alkyl or cyclic N) is 1. The van der Waals surface area contributed by atoms with Gasteiger partial charge in [0.15, 0.2) is 0 Å². The summed E-state index contributed by atoms with van der Waals surface area (Å²) in [5, 5.41) is 27.1. The van der Waals surface area contributed by atoms with Gasteiger partial charge in [0.1, 0.15) is 5.82 Å². The van der Waals surface area contributed by atoms with Crippen molar-refractivity contribution in [1.82, 2.24) is 19.9 Å². The molecule has 0 aliphatic carbocycles. The number of aromatic nitrogens is 3. The first-order valence-electron chi connectivity index (χ1n) is 6.96. The van der Waals surface area contributed by atoms with Gasteiger partial charge in [0, 0.05) is 19.1 Å². The van der Waals surface area contributed by atoms with Crippen LogP contribution in [0.15, 0.2) is 24.4 Å². The molecule has 6 nitrogen and oxygen atoms in total. The Kier molecular flexibility index (Phi) is 4.39. The third-order valence-electron chi connectivity index (χ3n) is 3.79. The monoisotopic (exact) mass is 326 g/mol. The summed E-state index contributed by atoms with van der Waals surface area (Å²) in [6.45, 7) is 0.983. The largest absolute Gasteiger partial charge is 0.395 e. The maximum absolute atomic E-state index is 13.2. The Hall–Kier alpha value is -1.54. The van der Waals surface area contributed by atoms with E-state index < -0.39 is 11.9 Å². The average Bonchev–Trinajstić information content (AvgIpc) is 3.09. The highest BCUT2D eigenvalue weighted by Gasteiger charge is 2.30. The van der Waals surface area contributed by atoms with E-state index >= 15 is 0 Å². The van der Waals surface area contributed by atoms with Crippen molar-refractivity contribution in [2.45, 2.75) is 25.1 Å². The fourth-order valence-corrected chi connectivity index (χ4v) is 2.85. The number of benzene rings is 1. The van der Waals surface area contributed by atoms with Gasteiger partial charge in [-0.1, -0.05) is 16.8 Å². The minimum atomic E-state index is -0.484. The van der Waals surface area contributed by atoms with Gasteiger partial charge in [0.05, 0.1) is 35.3 Å². The molecular weight excluding hydrogens is 311 g/mol. The second-order valence-corrected chi connectivity index (χ2v) is 5.82. The van der Waals surface area contributed by atoms with Crippen LogP contribution in [0, 0.1) is 5.82 Å². The van der Waals surface area contributed by atoms with Gasteiger partial charge >= 0.3 is 0 Å². The van der Waals surface area contributed by atoms with Gasteiger partial charge in [-0.3, -0.25) is 4.90 Å². The Morgan fingerprint density at radius 3 is 2.95 bits per heavy atom. The van der Waals surface area contributed by atoms with Gasteiger partial charge in [-0.2, -0.15) is 0 Å². The van der Waals surface area contributed by atoms with Crippen LogP contribution in [0.25, 0.3) is 5.69 Å². The van der Waals surface area contributed by atoms with Gasteiger partial charge < -0.3 is 10.2 Å². The third-order valence-corrected chi connectivity index (χ3v) is 4.08. The van der Waals surface area contributed by atoms with Crippen LogP contribution in [0.4, 0.5) is 4.39 Å². The number of rotatable bonds is 4. The van der Waals surface area contributed by atoms with Crippen molar-refractivity contribution >= 4 is 11.6 Å². The Balaban J connectivity index is 1.75. The normalized spacial score (nSPS) is 22.4. The first-order chi connectivity index (χ1) is 10.6. The molecule has 0 unspecified atom stereocenters. The van der Waals surface area contributed by atoms with Gasteiger partial charge in [0.2, 0.25) is 0 Å². The molecular formula is C14H16ClFN4O2. The molecule has 1 aromatic carbocycles. The molecule has 0 amide bonds. The molecule has 2 aromatic rings. The number of hydrogen-bond donors (Lipinski definition) is 2. The van der Waals surface area contributed by atoms with Crippen molar-refractivity contribution in [2.24, 2.45) is 0 Å². The summed E-state index contributed by atoms with van der Waals surface area (Å²) >= 11 is 5.76. The molecule has 0 spiro atoms. The van der Waals surface area contributed by atoms with E-state index in [1.54, 1.807) is 12.3 Å². The molecule has 1 aromatic heterocycles. The quantitative estimate of drug-likeness (QED) is 0.876. The summed E-state index contributed by atoms with van der Waals surface area (Å²) in [4.78, 5) is 1.97. The van der Waals surface area contributed by atoms with Crippen LogP contribution in [0.1, 0.15) is 12.1 Å². The minimum absolute atomic E-state index is 0.00122. The lowest BCUT2D eigenvalue weighted by Crippen LogP contribution is -2.32. The SMILES string of the molecule is OC[C@@H]1C[C@H](O)CN1Cc1cn(-c2ccc(F)c(Cl)c2)nn1. The van der Waals surface area contributed by atoms with E-state index in [4.69, 9.17) is 11.6 Å². The lowest BCUT2D eigenvalue weighted by molar-refractivity contribution is 0.148. The molecule has 2 heterocycles. The molecule has 2 atom stereocenters. The molecule has 3 rings (SSSR count). The standard InChI is InChI=1S/C14H16ClFN4O2/c15-13-4-10(1-2-14(13)16)20-6-9(17-18-20)5-19-7-12(22)3-11(19)8-21/h1-2,4,6,11-12,21-22H,3,5,7-8H2/t11-,12-/m0/s1. The van der Waals surface area contributed by atoms with E-state index in [9.17, 15) is 14.6 Å². The van der Waals surface area contributed by atoms with Crippen LogP contribution in [0.5, 0.6) is 0 Å². The van der Waals surface area contributed by atoms with Gasteiger partial charge in [-0.25, -0.2) is 9.07 Å². The zero-order chi connectivity index (χ0) is 15.7. The number of nitrogens with zero attached hydrogens (tertiary/aromatic N) is 4. The molecule has 8 heteroatoms. The van der Waals surface area contributed by atoms with Gasteiger partial charge in [0.25, 0.3) is 0 Å². The zero-order valence-corrected chi connectivity index (χ0v) is 12.5. The molecule has 118 valence electrons. The number of hydrogen-bond acceptors (Lipinski definition) is 5. The van der Waals surface area contributed by atoms with Crippen LogP contribution < -0.4 is 0 Å². The summed E-state index contributed by atoms with van der Waals surface area (Å²) in [5.41, 5.74) is 1.32. The van der Waals surface area contributed by atoms with Crippen LogP contribution in [-0.2, 0) is 6.54 Å². The summed E-state index contributed by atoms with van der Waals surface area (Å²) in [6.07, 6.45) is 1.85. The second kappa shape index (κ2) is 6.29. The van der Waals surface area contributed by atoms with Crippen LogP contribution >= 0.6 is 11.6 Å². The fraction of sp³-hybridized carbons (Fsp3) is 0.429. The smallest absolute Gasteiger partial charge is 0.141 e. The predicted molar refractivity (Wildman–Crippen MR) is 78.2 cm³/mol. The highest BCUT2D eigenvalue weighted by atomic mass is 35.5. The van der Waals surface area contributed by atoms with Crippen LogP contribution in [0.2, 0.25) is 5.02 Å². The first-order valence-corrected chi connectivity index (χ1v) is 7.34. The number of aliphatic hydroxyl groups is 2. The van der Waals surface area contributed by atoms with Crippen LogP contribution in [0.3, 0.4) is 0 Å². The lowest BCUT2D eigenvalue weighted by Gasteiger charge is -2.20. The number of aliphatic hydroxyl groups excluding tert-OH is 2. The predicted octanol–water partition coefficient (Wildman–Crippen LogP) is 0.987. The molecule has 1 aliphatic rings. The average molecular weight is 327 g/mol. The Labute approximate surface area is 131 Å². The first kappa shape index (κ1) is 15.4. The minimum Gasteiger partial charge on any atom is -0.395 e. The van der Waals surface area contributed by atoms with Crippen molar-refractivity contribution < 1.29 is 14.6 Å². The van der Waals surface area contributed by atoms with Crippen LogP contribution in [-0.4, -0.2) is 55.4 Å². The number of halogens is 2. The van der Waals surface area contributed by atoms with Crippen molar-refractivity contribution in [3.05, 3.63) is 40.9 Å². The molecule has 0 saturated carbocycles. The summed E-state index contributed by atoms with van der Waals surface area (Å²) in [7, 11) is 0. The van der Waals surface area contributed by atoms with Gasteiger partial charge in [-0.15, -0.1) is 5.10 Å². The summed E-state index contributed by atoms with van der Waals surface area (Å²) in [6, 6.07) is 4.25. The Morgan fingerprint density at radius 1 is 1.41 bits per heavy atom. The zero-order valence-electron chi connectivity index (χ0n) is 11.7. The summed E-state index contributed by atoms with van der Waals surface area (Å²) in [5.74, 6) is -0.484. The van der Waals surface area contributed by atoms with E-state index in [1.165, 1.54) is 16.8 Å². The van der Waals surface area contributed by atoms with E-state index in [-0.39, 0.29) is 17.7 Å². The van der Waals surface area contributed by atoms with Crippen molar-refractivity contribution in [3.63, 3.8) is 0 Å². The van der Waals surface area contributed by atoms with Gasteiger partial charge in [-0.05, 0) is 24.6 Å². The molecule has 2 N–H and O–H groups in total. The third kappa shape index (κ3) is 3.12. The maximum Gasteiger partial charge on any atom is 0.141 e. The lowest BCUT2D eigenvalue weighted by atomic mass is 10.2. The Morgan fingerprint density at radius 2 is 2.23 bits per heavy atom. The van der Waals surface area contributed by atoms with Crippen molar-refractivity contribution in [2.75, 3.05) is 13.2 Å². The maximum atomic E-state index is 13.2. The molecule has 1 fully saturated rings. The highest BCUT2D eigenvalue weighted by molar-refractivity contribution is 6.30. The van der Waals surface area contributed by atoms with Crippen molar-refractivity contribution in [1.29, 1.82) is 0 Å².